The van der Waals surface area contributed by atoms with Gasteiger partial charge in [0, 0.05) is 18.6 Å². The average molecular weight is 220 g/mol. The molecule has 0 radical (unpaired) electrons. The fourth-order valence-corrected chi connectivity index (χ4v) is 2.02. The molecular weight excluding hydrogens is 196 g/mol. The summed E-state index contributed by atoms with van der Waals surface area (Å²) in [6.07, 6.45) is 3.61. The van der Waals surface area contributed by atoms with Gasteiger partial charge in [0.1, 0.15) is 0 Å². The van der Waals surface area contributed by atoms with Gasteiger partial charge in [-0.05, 0) is 18.4 Å². The maximum absolute atomic E-state index is 5.84. The third-order valence-corrected chi connectivity index (χ3v) is 3.00. The standard InChI is InChI=1S/C14H24N2/c1-3-8-13(4-2)16-14(11-15)12-9-6-5-7-10-12/h5-7,9-10,13-14,16H,3-4,8,11,15H2,1-2H3. The lowest BCUT2D eigenvalue weighted by Gasteiger charge is -2.24. The summed E-state index contributed by atoms with van der Waals surface area (Å²) in [7, 11) is 0. The highest BCUT2D eigenvalue weighted by Crippen LogP contribution is 2.14. The van der Waals surface area contributed by atoms with E-state index >= 15 is 0 Å². The fraction of sp³-hybridized carbons (Fsp3) is 0.571. The number of hydrogen-bond donors (Lipinski definition) is 2. The van der Waals surface area contributed by atoms with E-state index in [2.05, 4.69) is 43.4 Å². The van der Waals surface area contributed by atoms with E-state index in [1.807, 2.05) is 6.07 Å². The van der Waals surface area contributed by atoms with Gasteiger partial charge in [0.05, 0.1) is 0 Å². The lowest BCUT2D eigenvalue weighted by molar-refractivity contribution is 0.405. The molecule has 1 aromatic carbocycles. The largest absolute Gasteiger partial charge is 0.329 e. The molecule has 0 spiro atoms. The summed E-state index contributed by atoms with van der Waals surface area (Å²) in [5, 5.41) is 3.65. The Balaban J connectivity index is 2.61. The first-order chi connectivity index (χ1) is 7.81. The van der Waals surface area contributed by atoms with Crippen molar-refractivity contribution in [3.05, 3.63) is 35.9 Å². The van der Waals surface area contributed by atoms with Crippen LogP contribution in [0.3, 0.4) is 0 Å². The predicted octanol–water partition coefficient (Wildman–Crippen LogP) is 2.85. The topological polar surface area (TPSA) is 38.0 Å². The Morgan fingerprint density at radius 1 is 1.19 bits per heavy atom. The van der Waals surface area contributed by atoms with Crippen molar-refractivity contribution in [2.75, 3.05) is 6.54 Å². The van der Waals surface area contributed by atoms with Crippen LogP contribution in [-0.4, -0.2) is 12.6 Å². The zero-order chi connectivity index (χ0) is 11.8. The molecule has 0 heterocycles. The summed E-state index contributed by atoms with van der Waals surface area (Å²) in [6.45, 7) is 5.11. The summed E-state index contributed by atoms with van der Waals surface area (Å²) in [5.41, 5.74) is 7.13. The van der Waals surface area contributed by atoms with E-state index in [1.165, 1.54) is 18.4 Å². The smallest absolute Gasteiger partial charge is 0.0446 e. The molecule has 2 atom stereocenters. The van der Waals surface area contributed by atoms with Crippen LogP contribution < -0.4 is 11.1 Å². The van der Waals surface area contributed by atoms with E-state index in [0.29, 0.717) is 12.6 Å². The first-order valence-corrected chi connectivity index (χ1v) is 6.32. The van der Waals surface area contributed by atoms with Crippen LogP contribution >= 0.6 is 0 Å². The minimum Gasteiger partial charge on any atom is -0.329 e. The summed E-state index contributed by atoms with van der Waals surface area (Å²) < 4.78 is 0. The van der Waals surface area contributed by atoms with Gasteiger partial charge in [0.25, 0.3) is 0 Å². The number of benzene rings is 1. The molecule has 1 rings (SSSR count). The molecule has 0 amide bonds. The van der Waals surface area contributed by atoms with Crippen LogP contribution in [0.15, 0.2) is 30.3 Å². The summed E-state index contributed by atoms with van der Waals surface area (Å²) >= 11 is 0. The van der Waals surface area contributed by atoms with E-state index in [0.717, 1.165) is 6.42 Å². The second-order valence-electron chi connectivity index (χ2n) is 4.26. The summed E-state index contributed by atoms with van der Waals surface area (Å²) in [4.78, 5) is 0. The molecule has 0 saturated heterocycles. The Morgan fingerprint density at radius 2 is 1.88 bits per heavy atom. The van der Waals surface area contributed by atoms with Crippen LogP contribution in [0.5, 0.6) is 0 Å². The molecular formula is C14H24N2. The second-order valence-corrected chi connectivity index (χ2v) is 4.26. The minimum absolute atomic E-state index is 0.290. The average Bonchev–Trinajstić information content (AvgIpc) is 2.35. The van der Waals surface area contributed by atoms with Gasteiger partial charge in [-0.2, -0.15) is 0 Å². The highest BCUT2D eigenvalue weighted by atomic mass is 15.0. The van der Waals surface area contributed by atoms with E-state index in [9.17, 15) is 0 Å². The van der Waals surface area contributed by atoms with E-state index in [4.69, 9.17) is 5.73 Å². The maximum Gasteiger partial charge on any atom is 0.0446 e. The molecule has 0 aliphatic rings. The van der Waals surface area contributed by atoms with Crippen LogP contribution in [0.2, 0.25) is 0 Å². The zero-order valence-electron chi connectivity index (χ0n) is 10.4. The molecule has 90 valence electrons. The lowest BCUT2D eigenvalue weighted by atomic mass is 10.0. The van der Waals surface area contributed by atoms with Gasteiger partial charge in [-0.25, -0.2) is 0 Å². The predicted molar refractivity (Wildman–Crippen MR) is 70.4 cm³/mol. The Labute approximate surface area is 99.2 Å². The molecule has 0 saturated carbocycles. The monoisotopic (exact) mass is 220 g/mol. The molecule has 0 fully saturated rings. The van der Waals surface area contributed by atoms with Crippen molar-refractivity contribution in [2.24, 2.45) is 5.73 Å². The highest BCUT2D eigenvalue weighted by molar-refractivity contribution is 5.19. The SMILES string of the molecule is CCCC(CC)NC(CN)c1ccccc1. The van der Waals surface area contributed by atoms with Crippen LogP contribution in [0.4, 0.5) is 0 Å². The van der Waals surface area contributed by atoms with Gasteiger partial charge in [0.2, 0.25) is 0 Å². The van der Waals surface area contributed by atoms with Crippen molar-refractivity contribution in [3.63, 3.8) is 0 Å². The van der Waals surface area contributed by atoms with Gasteiger partial charge < -0.3 is 11.1 Å². The van der Waals surface area contributed by atoms with Crippen molar-refractivity contribution in [3.8, 4) is 0 Å². The van der Waals surface area contributed by atoms with Crippen molar-refractivity contribution < 1.29 is 0 Å². The molecule has 2 unspecified atom stereocenters. The van der Waals surface area contributed by atoms with Gasteiger partial charge in [-0.1, -0.05) is 50.6 Å². The molecule has 0 bridgehead atoms. The molecule has 16 heavy (non-hydrogen) atoms. The van der Waals surface area contributed by atoms with Crippen LogP contribution in [0.1, 0.15) is 44.7 Å². The van der Waals surface area contributed by atoms with Gasteiger partial charge in [0.15, 0.2) is 0 Å². The molecule has 3 N–H and O–H groups in total. The maximum atomic E-state index is 5.84. The van der Waals surface area contributed by atoms with Gasteiger partial charge in [-0.15, -0.1) is 0 Å². The van der Waals surface area contributed by atoms with Gasteiger partial charge >= 0.3 is 0 Å². The Bertz CT molecular complexity index is 271. The van der Waals surface area contributed by atoms with Crippen LogP contribution in [0.25, 0.3) is 0 Å². The van der Waals surface area contributed by atoms with E-state index < -0.39 is 0 Å². The quantitative estimate of drug-likeness (QED) is 0.741. The first kappa shape index (κ1) is 13.2. The lowest BCUT2D eigenvalue weighted by Crippen LogP contribution is -2.36. The Morgan fingerprint density at radius 3 is 2.38 bits per heavy atom. The van der Waals surface area contributed by atoms with E-state index in [-0.39, 0.29) is 6.04 Å². The number of rotatable bonds is 7. The van der Waals surface area contributed by atoms with E-state index in [1.54, 1.807) is 0 Å². The number of hydrogen-bond acceptors (Lipinski definition) is 2. The third-order valence-electron chi connectivity index (χ3n) is 3.00. The molecule has 2 nitrogen and oxygen atoms in total. The molecule has 2 heteroatoms. The minimum atomic E-state index is 0.290. The van der Waals surface area contributed by atoms with Gasteiger partial charge in [-0.3, -0.25) is 0 Å². The Hall–Kier alpha value is -0.860. The van der Waals surface area contributed by atoms with Crippen molar-refractivity contribution >= 4 is 0 Å². The fourth-order valence-electron chi connectivity index (χ4n) is 2.02. The zero-order valence-corrected chi connectivity index (χ0v) is 10.4. The van der Waals surface area contributed by atoms with Crippen molar-refractivity contribution in [2.45, 2.75) is 45.2 Å². The van der Waals surface area contributed by atoms with Crippen molar-refractivity contribution in [1.82, 2.24) is 5.32 Å². The second kappa shape index (κ2) is 7.42. The molecule has 1 aromatic rings. The van der Waals surface area contributed by atoms with Crippen LogP contribution in [-0.2, 0) is 0 Å². The Kier molecular flexibility index (Phi) is 6.12. The summed E-state index contributed by atoms with van der Waals surface area (Å²) in [6, 6.07) is 11.3. The first-order valence-electron chi connectivity index (χ1n) is 6.32. The van der Waals surface area contributed by atoms with Crippen molar-refractivity contribution in [1.29, 1.82) is 0 Å². The molecule has 0 aliphatic heterocycles. The molecule has 0 aromatic heterocycles. The van der Waals surface area contributed by atoms with Crippen LogP contribution in [0, 0.1) is 0 Å². The number of nitrogens with one attached hydrogen (secondary N) is 1. The third kappa shape index (κ3) is 3.95. The highest BCUT2D eigenvalue weighted by Gasteiger charge is 2.13. The number of nitrogens with two attached hydrogens (primary N) is 1. The normalized spacial score (nSPS) is 14.7. The molecule has 0 aliphatic carbocycles. The summed E-state index contributed by atoms with van der Waals surface area (Å²) in [5.74, 6) is 0.